The fraction of sp³-hybridized carbons (Fsp3) is 0.429. The van der Waals surface area contributed by atoms with Crippen molar-refractivity contribution in [2.45, 2.75) is 31.9 Å². The third kappa shape index (κ3) is 4.56. The molecular formula is C14H18FNO. The summed E-state index contributed by atoms with van der Waals surface area (Å²) < 4.78 is 12.7. The van der Waals surface area contributed by atoms with Gasteiger partial charge in [-0.25, -0.2) is 4.39 Å². The minimum Gasteiger partial charge on any atom is -0.387 e. The molecule has 1 aromatic carbocycles. The van der Waals surface area contributed by atoms with Crippen LogP contribution in [0.5, 0.6) is 0 Å². The van der Waals surface area contributed by atoms with Crippen LogP contribution in [0.25, 0.3) is 0 Å². The number of aliphatic hydroxyl groups is 1. The van der Waals surface area contributed by atoms with Crippen LogP contribution in [0.15, 0.2) is 24.3 Å². The highest BCUT2D eigenvalue weighted by Crippen LogP contribution is 2.12. The Morgan fingerprint density at radius 3 is 2.59 bits per heavy atom. The van der Waals surface area contributed by atoms with Crippen LogP contribution in [0.3, 0.4) is 0 Å². The first-order valence-corrected chi connectivity index (χ1v) is 5.80. The van der Waals surface area contributed by atoms with E-state index in [2.05, 4.69) is 18.2 Å². The highest BCUT2D eigenvalue weighted by Gasteiger charge is 2.10. The van der Waals surface area contributed by atoms with Crippen LogP contribution in [-0.2, 0) is 0 Å². The molecule has 3 heteroatoms. The standard InChI is InChI=1S/C14H18FNO/c1-3-5-13(4-2)16-10-14(17)11-6-8-12(15)9-7-11/h2,6-9,13-14,16-17H,3,5,10H2,1H3. The first-order chi connectivity index (χ1) is 8.17. The molecule has 2 atom stereocenters. The molecular weight excluding hydrogens is 217 g/mol. The molecule has 0 spiro atoms. The van der Waals surface area contributed by atoms with Gasteiger partial charge in [0.05, 0.1) is 12.1 Å². The molecule has 17 heavy (non-hydrogen) atoms. The molecule has 0 aromatic heterocycles. The number of benzene rings is 1. The van der Waals surface area contributed by atoms with Crippen LogP contribution in [-0.4, -0.2) is 17.7 Å². The minimum absolute atomic E-state index is 0.0184. The van der Waals surface area contributed by atoms with E-state index in [9.17, 15) is 9.50 Å². The quantitative estimate of drug-likeness (QED) is 0.741. The summed E-state index contributed by atoms with van der Waals surface area (Å²) in [6, 6.07) is 5.81. The molecule has 1 rings (SSSR count). The summed E-state index contributed by atoms with van der Waals surface area (Å²) in [7, 11) is 0. The van der Waals surface area contributed by atoms with Crippen molar-refractivity contribution in [3.05, 3.63) is 35.6 Å². The summed E-state index contributed by atoms with van der Waals surface area (Å²) in [6.07, 6.45) is 6.57. The number of nitrogens with one attached hydrogen (secondary N) is 1. The zero-order chi connectivity index (χ0) is 12.7. The van der Waals surface area contributed by atoms with E-state index in [0.29, 0.717) is 12.1 Å². The van der Waals surface area contributed by atoms with E-state index in [1.165, 1.54) is 12.1 Å². The predicted octanol–water partition coefficient (Wildman–Crippen LogP) is 2.25. The van der Waals surface area contributed by atoms with Gasteiger partial charge in [0.1, 0.15) is 5.82 Å². The predicted molar refractivity (Wildman–Crippen MR) is 66.9 cm³/mol. The molecule has 0 heterocycles. The maximum atomic E-state index is 12.7. The molecule has 0 aliphatic heterocycles. The van der Waals surface area contributed by atoms with Gasteiger partial charge in [0.15, 0.2) is 0 Å². The van der Waals surface area contributed by atoms with Crippen LogP contribution >= 0.6 is 0 Å². The Hall–Kier alpha value is -1.37. The molecule has 0 radical (unpaired) electrons. The summed E-state index contributed by atoms with van der Waals surface area (Å²) in [5.74, 6) is 2.33. The van der Waals surface area contributed by atoms with E-state index in [1.54, 1.807) is 12.1 Å². The third-order valence-corrected chi connectivity index (χ3v) is 2.59. The fourth-order valence-corrected chi connectivity index (χ4v) is 1.59. The first-order valence-electron chi connectivity index (χ1n) is 5.80. The molecule has 0 saturated carbocycles. The number of hydrogen-bond acceptors (Lipinski definition) is 2. The molecule has 0 amide bonds. The Balaban J connectivity index is 2.46. The van der Waals surface area contributed by atoms with Gasteiger partial charge in [-0.2, -0.15) is 0 Å². The van der Waals surface area contributed by atoms with Crippen LogP contribution in [0.1, 0.15) is 31.4 Å². The van der Waals surface area contributed by atoms with E-state index >= 15 is 0 Å². The van der Waals surface area contributed by atoms with Gasteiger partial charge >= 0.3 is 0 Å². The lowest BCUT2D eigenvalue weighted by molar-refractivity contribution is 0.172. The van der Waals surface area contributed by atoms with Crippen molar-refractivity contribution in [3.63, 3.8) is 0 Å². The summed E-state index contributed by atoms with van der Waals surface area (Å²) in [6.45, 7) is 2.43. The third-order valence-electron chi connectivity index (χ3n) is 2.59. The topological polar surface area (TPSA) is 32.3 Å². The number of halogens is 1. The molecule has 0 saturated heterocycles. The highest BCUT2D eigenvalue weighted by molar-refractivity contribution is 5.18. The van der Waals surface area contributed by atoms with Gasteiger partial charge in [0.2, 0.25) is 0 Å². The molecule has 2 N–H and O–H groups in total. The summed E-state index contributed by atoms with van der Waals surface area (Å²) in [5.41, 5.74) is 0.686. The molecule has 1 aromatic rings. The second kappa shape index (κ2) is 7.05. The van der Waals surface area contributed by atoms with E-state index in [0.717, 1.165) is 12.8 Å². The van der Waals surface area contributed by atoms with Crippen LogP contribution in [0, 0.1) is 18.2 Å². The average molecular weight is 235 g/mol. The maximum absolute atomic E-state index is 12.7. The van der Waals surface area contributed by atoms with Crippen molar-refractivity contribution in [1.82, 2.24) is 5.32 Å². The summed E-state index contributed by atoms with van der Waals surface area (Å²) >= 11 is 0. The Morgan fingerprint density at radius 1 is 1.41 bits per heavy atom. The van der Waals surface area contributed by atoms with Crippen LogP contribution in [0.2, 0.25) is 0 Å². The SMILES string of the molecule is C#CC(CCC)NCC(O)c1ccc(F)cc1. The number of rotatable bonds is 6. The first kappa shape index (κ1) is 13.7. The van der Waals surface area contributed by atoms with Crippen molar-refractivity contribution < 1.29 is 9.50 Å². The summed E-state index contributed by atoms with van der Waals surface area (Å²) in [5, 5.41) is 13.0. The van der Waals surface area contributed by atoms with E-state index < -0.39 is 6.10 Å². The van der Waals surface area contributed by atoms with Crippen molar-refractivity contribution in [2.24, 2.45) is 0 Å². The van der Waals surface area contributed by atoms with Gasteiger partial charge in [-0.05, 0) is 24.1 Å². The van der Waals surface area contributed by atoms with Crippen molar-refractivity contribution in [3.8, 4) is 12.3 Å². The molecule has 0 fully saturated rings. The Kier molecular flexibility index (Phi) is 5.68. The van der Waals surface area contributed by atoms with Gasteiger partial charge < -0.3 is 10.4 Å². The smallest absolute Gasteiger partial charge is 0.123 e. The second-order valence-electron chi connectivity index (χ2n) is 3.98. The van der Waals surface area contributed by atoms with Crippen molar-refractivity contribution in [2.75, 3.05) is 6.54 Å². The monoisotopic (exact) mass is 235 g/mol. The molecule has 2 unspecified atom stereocenters. The Labute approximate surface area is 102 Å². The lowest BCUT2D eigenvalue weighted by atomic mass is 10.1. The lowest BCUT2D eigenvalue weighted by Gasteiger charge is -2.16. The van der Waals surface area contributed by atoms with Gasteiger partial charge in [-0.1, -0.05) is 31.4 Å². The molecule has 92 valence electrons. The molecule has 0 bridgehead atoms. The molecule has 0 aliphatic carbocycles. The number of hydrogen-bond donors (Lipinski definition) is 2. The van der Waals surface area contributed by atoms with Crippen molar-refractivity contribution >= 4 is 0 Å². The van der Waals surface area contributed by atoms with Gasteiger partial charge in [-0.15, -0.1) is 6.42 Å². The van der Waals surface area contributed by atoms with Gasteiger partial charge in [0.25, 0.3) is 0 Å². The van der Waals surface area contributed by atoms with Crippen molar-refractivity contribution in [1.29, 1.82) is 0 Å². The highest BCUT2D eigenvalue weighted by atomic mass is 19.1. The van der Waals surface area contributed by atoms with Gasteiger partial charge in [-0.3, -0.25) is 0 Å². The van der Waals surface area contributed by atoms with E-state index in [-0.39, 0.29) is 11.9 Å². The van der Waals surface area contributed by atoms with E-state index in [1.807, 2.05) is 0 Å². The average Bonchev–Trinajstić information content (AvgIpc) is 2.35. The van der Waals surface area contributed by atoms with E-state index in [4.69, 9.17) is 6.42 Å². The lowest BCUT2D eigenvalue weighted by Crippen LogP contribution is -2.31. The second-order valence-corrected chi connectivity index (χ2v) is 3.98. The summed E-state index contributed by atoms with van der Waals surface area (Å²) in [4.78, 5) is 0. The number of terminal acetylenes is 1. The van der Waals surface area contributed by atoms with Crippen LogP contribution in [0.4, 0.5) is 4.39 Å². The number of aliphatic hydroxyl groups excluding tert-OH is 1. The van der Waals surface area contributed by atoms with Gasteiger partial charge in [0, 0.05) is 6.54 Å². The zero-order valence-corrected chi connectivity index (χ0v) is 9.99. The normalized spacial score (nSPS) is 14.0. The maximum Gasteiger partial charge on any atom is 0.123 e. The largest absolute Gasteiger partial charge is 0.387 e. The Bertz CT molecular complexity index is 369. The minimum atomic E-state index is -0.664. The zero-order valence-electron chi connectivity index (χ0n) is 9.99. The Morgan fingerprint density at radius 2 is 2.06 bits per heavy atom. The van der Waals surface area contributed by atoms with Crippen LogP contribution < -0.4 is 5.32 Å². The molecule has 2 nitrogen and oxygen atoms in total. The fourth-order valence-electron chi connectivity index (χ4n) is 1.59. The molecule has 0 aliphatic rings.